The van der Waals surface area contributed by atoms with Crippen LogP contribution in [0.5, 0.6) is 0 Å². The van der Waals surface area contributed by atoms with E-state index in [9.17, 15) is 4.79 Å². The molecule has 0 amide bonds. The molecular formula is C17H19N5O2S. The lowest BCUT2D eigenvalue weighted by atomic mass is 10.1. The highest BCUT2D eigenvalue weighted by molar-refractivity contribution is 7.99. The van der Waals surface area contributed by atoms with E-state index in [4.69, 9.17) is 4.74 Å². The molecule has 0 fully saturated rings. The number of rotatable bonds is 8. The summed E-state index contributed by atoms with van der Waals surface area (Å²) >= 11 is 1.42. The smallest absolute Gasteiger partial charge is 0.196 e. The fourth-order valence-electron chi connectivity index (χ4n) is 2.51. The van der Waals surface area contributed by atoms with Crippen molar-refractivity contribution in [3.8, 4) is 0 Å². The number of pyridine rings is 1. The average Bonchev–Trinajstić information content (AvgIpc) is 3.00. The number of methoxy groups -OCH3 is 1. The molecule has 3 aromatic heterocycles. The quantitative estimate of drug-likeness (QED) is 0.364. The van der Waals surface area contributed by atoms with Crippen LogP contribution in [-0.4, -0.2) is 46.5 Å². The lowest BCUT2D eigenvalue weighted by Gasteiger charge is -2.08. The maximum absolute atomic E-state index is 11.6. The predicted molar refractivity (Wildman–Crippen MR) is 97.4 cm³/mol. The van der Waals surface area contributed by atoms with Gasteiger partial charge in [0.2, 0.25) is 0 Å². The SMILES string of the molecule is CCc1[nH]c2nc(Sc3cccnc3)nc(NCCOC)c2c1C=O. The van der Waals surface area contributed by atoms with Gasteiger partial charge in [-0.2, -0.15) is 0 Å². The summed E-state index contributed by atoms with van der Waals surface area (Å²) in [6.07, 6.45) is 5.06. The van der Waals surface area contributed by atoms with Crippen LogP contribution in [-0.2, 0) is 11.2 Å². The largest absolute Gasteiger partial charge is 0.383 e. The van der Waals surface area contributed by atoms with Crippen molar-refractivity contribution in [1.82, 2.24) is 19.9 Å². The molecule has 8 heteroatoms. The van der Waals surface area contributed by atoms with Gasteiger partial charge in [0, 0.05) is 42.2 Å². The highest BCUT2D eigenvalue weighted by Gasteiger charge is 2.17. The Hall–Kier alpha value is -2.45. The van der Waals surface area contributed by atoms with Crippen molar-refractivity contribution in [3.63, 3.8) is 0 Å². The van der Waals surface area contributed by atoms with Crippen molar-refractivity contribution in [2.45, 2.75) is 23.4 Å². The summed E-state index contributed by atoms with van der Waals surface area (Å²) in [5.41, 5.74) is 2.12. The van der Waals surface area contributed by atoms with Crippen LogP contribution in [0.3, 0.4) is 0 Å². The summed E-state index contributed by atoms with van der Waals surface area (Å²) in [5, 5.41) is 4.55. The van der Waals surface area contributed by atoms with E-state index in [1.54, 1.807) is 19.5 Å². The molecule has 0 bridgehead atoms. The van der Waals surface area contributed by atoms with E-state index in [0.29, 0.717) is 41.8 Å². The number of hydrogen-bond donors (Lipinski definition) is 2. The molecule has 0 saturated carbocycles. The first kappa shape index (κ1) is 17.4. The van der Waals surface area contributed by atoms with Crippen molar-refractivity contribution >= 4 is 34.9 Å². The fourth-order valence-corrected chi connectivity index (χ4v) is 3.26. The maximum atomic E-state index is 11.6. The highest BCUT2D eigenvalue weighted by atomic mass is 32.2. The Morgan fingerprint density at radius 3 is 2.96 bits per heavy atom. The first-order chi connectivity index (χ1) is 12.3. The molecule has 25 heavy (non-hydrogen) atoms. The third-order valence-electron chi connectivity index (χ3n) is 3.67. The lowest BCUT2D eigenvalue weighted by Crippen LogP contribution is -2.10. The number of nitrogens with one attached hydrogen (secondary N) is 2. The maximum Gasteiger partial charge on any atom is 0.196 e. The molecule has 3 aromatic rings. The van der Waals surface area contributed by atoms with E-state index < -0.39 is 0 Å². The number of carbonyl (C=O) groups excluding carboxylic acids is 1. The second-order valence-electron chi connectivity index (χ2n) is 5.28. The first-order valence-corrected chi connectivity index (χ1v) is 8.77. The second-order valence-corrected chi connectivity index (χ2v) is 6.32. The standard InChI is InChI=1S/C17H19N5O2S/c1-3-13-12(10-23)14-15(19-7-8-24-2)21-17(22-16(14)20-13)25-11-5-4-6-18-9-11/h4-6,9-10H,3,7-8H2,1-2H3,(H2,19,20,21,22). The molecule has 0 aliphatic heterocycles. The summed E-state index contributed by atoms with van der Waals surface area (Å²) < 4.78 is 5.09. The Balaban J connectivity index is 2.05. The summed E-state index contributed by atoms with van der Waals surface area (Å²) in [5.74, 6) is 0.631. The molecule has 3 heterocycles. The van der Waals surface area contributed by atoms with Gasteiger partial charge >= 0.3 is 0 Å². The summed E-state index contributed by atoms with van der Waals surface area (Å²) in [4.78, 5) is 29.1. The van der Waals surface area contributed by atoms with Crippen LogP contribution < -0.4 is 5.32 Å². The zero-order valence-corrected chi connectivity index (χ0v) is 14.9. The topological polar surface area (TPSA) is 92.8 Å². The van der Waals surface area contributed by atoms with Gasteiger partial charge in [0.05, 0.1) is 12.0 Å². The number of ether oxygens (including phenoxy) is 1. The number of aromatic nitrogens is 4. The molecule has 2 N–H and O–H groups in total. The molecule has 0 unspecified atom stereocenters. The molecular weight excluding hydrogens is 338 g/mol. The highest BCUT2D eigenvalue weighted by Crippen LogP contribution is 2.31. The van der Waals surface area contributed by atoms with E-state index in [1.165, 1.54) is 11.8 Å². The minimum atomic E-state index is 0.540. The Morgan fingerprint density at radius 2 is 2.28 bits per heavy atom. The van der Waals surface area contributed by atoms with Crippen LogP contribution >= 0.6 is 11.8 Å². The Morgan fingerprint density at radius 1 is 1.40 bits per heavy atom. The lowest BCUT2D eigenvalue weighted by molar-refractivity contribution is 0.112. The minimum Gasteiger partial charge on any atom is -0.383 e. The Bertz CT molecular complexity index is 866. The number of nitrogens with zero attached hydrogens (tertiary/aromatic N) is 3. The van der Waals surface area contributed by atoms with Gasteiger partial charge in [-0.05, 0) is 30.3 Å². The molecule has 130 valence electrons. The van der Waals surface area contributed by atoms with Gasteiger partial charge < -0.3 is 15.0 Å². The van der Waals surface area contributed by atoms with Gasteiger partial charge in [0.15, 0.2) is 11.4 Å². The van der Waals surface area contributed by atoms with Crippen molar-refractivity contribution in [3.05, 3.63) is 35.8 Å². The van der Waals surface area contributed by atoms with E-state index in [0.717, 1.165) is 22.3 Å². The molecule has 0 atom stereocenters. The molecule has 0 aliphatic carbocycles. The average molecular weight is 357 g/mol. The van der Waals surface area contributed by atoms with Crippen LogP contribution in [0.15, 0.2) is 34.6 Å². The number of carbonyl (C=O) groups is 1. The van der Waals surface area contributed by atoms with E-state index in [-0.39, 0.29) is 0 Å². The Labute approximate surface area is 149 Å². The van der Waals surface area contributed by atoms with Crippen LogP contribution in [0.2, 0.25) is 0 Å². The molecule has 0 aromatic carbocycles. The molecule has 0 aliphatic rings. The summed E-state index contributed by atoms with van der Waals surface area (Å²) in [6.45, 7) is 3.12. The molecule has 3 rings (SSSR count). The fraction of sp³-hybridized carbons (Fsp3) is 0.294. The number of hydrogen-bond acceptors (Lipinski definition) is 7. The van der Waals surface area contributed by atoms with E-state index >= 15 is 0 Å². The normalized spacial score (nSPS) is 11.0. The zero-order valence-electron chi connectivity index (χ0n) is 14.1. The zero-order chi connectivity index (χ0) is 17.6. The number of aldehydes is 1. The summed E-state index contributed by atoms with van der Waals surface area (Å²) in [7, 11) is 1.64. The number of aryl methyl sites for hydroxylation is 1. The molecule has 0 radical (unpaired) electrons. The number of aromatic amines is 1. The van der Waals surface area contributed by atoms with Gasteiger partial charge in [-0.25, -0.2) is 9.97 Å². The summed E-state index contributed by atoms with van der Waals surface area (Å²) in [6, 6.07) is 3.82. The predicted octanol–water partition coefficient (Wildman–Crippen LogP) is 2.94. The number of anilines is 1. The van der Waals surface area contributed by atoms with Crippen molar-refractivity contribution in [2.24, 2.45) is 0 Å². The molecule has 0 spiro atoms. The van der Waals surface area contributed by atoms with E-state index in [1.807, 2.05) is 19.1 Å². The van der Waals surface area contributed by atoms with Gasteiger partial charge in [0.25, 0.3) is 0 Å². The molecule has 0 saturated heterocycles. The van der Waals surface area contributed by atoms with Gasteiger partial charge in [0.1, 0.15) is 11.5 Å². The van der Waals surface area contributed by atoms with Crippen LogP contribution in [0.4, 0.5) is 5.82 Å². The number of H-pyrrole nitrogens is 1. The monoisotopic (exact) mass is 357 g/mol. The third-order valence-corrected chi connectivity index (χ3v) is 4.51. The van der Waals surface area contributed by atoms with Gasteiger partial charge in [-0.1, -0.05) is 6.92 Å². The van der Waals surface area contributed by atoms with Crippen molar-refractivity contribution < 1.29 is 9.53 Å². The van der Waals surface area contributed by atoms with Crippen LogP contribution in [0, 0.1) is 0 Å². The van der Waals surface area contributed by atoms with Crippen LogP contribution in [0.1, 0.15) is 23.0 Å². The van der Waals surface area contributed by atoms with E-state index in [2.05, 4.69) is 25.3 Å². The van der Waals surface area contributed by atoms with Crippen molar-refractivity contribution in [1.29, 1.82) is 0 Å². The second kappa shape index (κ2) is 8.09. The Kier molecular flexibility index (Phi) is 5.62. The van der Waals surface area contributed by atoms with Crippen LogP contribution in [0.25, 0.3) is 11.0 Å². The minimum absolute atomic E-state index is 0.540. The third kappa shape index (κ3) is 3.80. The van der Waals surface area contributed by atoms with Gasteiger partial charge in [-0.3, -0.25) is 9.78 Å². The van der Waals surface area contributed by atoms with Gasteiger partial charge in [-0.15, -0.1) is 0 Å². The molecule has 7 nitrogen and oxygen atoms in total. The number of fused-ring (bicyclic) bond motifs is 1. The first-order valence-electron chi connectivity index (χ1n) is 7.95. The van der Waals surface area contributed by atoms with Crippen molar-refractivity contribution in [2.75, 3.05) is 25.6 Å².